The van der Waals surface area contributed by atoms with Crippen molar-refractivity contribution in [3.05, 3.63) is 36.6 Å². The zero-order valence-corrected chi connectivity index (χ0v) is 30.7. The fraction of sp³-hybridized carbons (Fsp3) is 0.706. The predicted octanol–water partition coefficient (Wildman–Crippen LogP) is -0.950. The molecular weight excluding hydrogens is 700 g/mol. The monoisotopic (exact) mass is 760 g/mol. The normalized spacial score (nSPS) is 20.0. The number of carbonyl (C=O) groups is 4. The average molecular weight is 761 g/mol. The van der Waals surface area contributed by atoms with E-state index in [1.807, 2.05) is 13.8 Å². The van der Waals surface area contributed by atoms with Crippen LogP contribution in [0.15, 0.2) is 36.6 Å². The maximum absolute atomic E-state index is 12.6. The van der Waals surface area contributed by atoms with Crippen LogP contribution in [0.25, 0.3) is 0 Å². The lowest BCUT2D eigenvalue weighted by atomic mass is 10.0. The topological polar surface area (TPSA) is 285 Å². The molecule has 11 N–H and O–H groups in total. The molecule has 0 saturated carbocycles. The summed E-state index contributed by atoms with van der Waals surface area (Å²) in [6, 6.07) is -2.95. The number of aliphatic hydroxyl groups is 5. The molecule has 0 aromatic rings. The lowest BCUT2D eigenvalue weighted by molar-refractivity contribution is -0.202. The van der Waals surface area contributed by atoms with E-state index in [9.17, 15) is 50.1 Å². The molecule has 0 aliphatic carbocycles. The van der Waals surface area contributed by atoms with Gasteiger partial charge in [-0.15, -0.1) is 0 Å². The Hall–Kier alpha value is -3.50. The third-order valence-electron chi connectivity index (χ3n) is 8.27. The Morgan fingerprint density at radius 3 is 2.11 bits per heavy atom. The number of aliphatic hydroxyl groups excluding tert-OH is 5. The van der Waals surface area contributed by atoms with Crippen molar-refractivity contribution >= 4 is 23.7 Å². The Morgan fingerprint density at radius 2 is 1.51 bits per heavy atom. The minimum atomic E-state index is -1.50. The first-order chi connectivity index (χ1) is 25.1. The van der Waals surface area contributed by atoms with E-state index in [1.165, 1.54) is 37.3 Å². The van der Waals surface area contributed by atoms with Crippen LogP contribution in [0.3, 0.4) is 0 Å². The van der Waals surface area contributed by atoms with E-state index in [4.69, 9.17) is 14.9 Å². The van der Waals surface area contributed by atoms with Gasteiger partial charge in [0.1, 0.15) is 30.6 Å². The number of piperazine rings is 1. The van der Waals surface area contributed by atoms with E-state index in [-0.39, 0.29) is 83.3 Å². The molecule has 1 aliphatic rings. The second kappa shape index (κ2) is 26.3. The Balaban J connectivity index is 2.45. The number of esters is 1. The molecule has 1 saturated heterocycles. The minimum Gasteiger partial charge on any atom is -0.464 e. The molecule has 0 aromatic heterocycles. The van der Waals surface area contributed by atoms with Gasteiger partial charge in [0.2, 0.25) is 17.7 Å². The number of ether oxygens (including phenoxy) is 1. The standard InChI is InChI=1S/C34H60N6O13/c1-23(13-18-41)21-30(45)39(51)16-7-10-27-33(48)36-26(32(47)37-27)9-6-15-38(50)29(44)12-4-5-20-53-34(49)28(35-25(3)43)11-8-17-40(52)31(46)22-24(2)14-19-42/h4,6-7,10,12,15,23-24,26-31,41-42,44-46,50-52H,5,8-9,11,13-14,16-22H2,1-3H3,(H,35,43)(H,36,48)(H,37,47)/b10-7?,12-4-,15-6?. The highest BCUT2D eigenvalue weighted by Gasteiger charge is 2.31. The van der Waals surface area contributed by atoms with Crippen molar-refractivity contribution in [2.24, 2.45) is 11.8 Å². The zero-order chi connectivity index (χ0) is 39.9. The maximum Gasteiger partial charge on any atom is 0.328 e. The van der Waals surface area contributed by atoms with Gasteiger partial charge in [-0.1, -0.05) is 38.2 Å². The largest absolute Gasteiger partial charge is 0.464 e. The molecule has 0 radical (unpaired) electrons. The van der Waals surface area contributed by atoms with Crippen molar-refractivity contribution in [1.82, 2.24) is 31.1 Å². The number of nitrogens with zero attached hydrogens (tertiary/aromatic N) is 3. The Morgan fingerprint density at radius 1 is 0.887 bits per heavy atom. The Labute approximate surface area is 310 Å². The first kappa shape index (κ1) is 47.5. The van der Waals surface area contributed by atoms with Crippen LogP contribution in [-0.4, -0.2) is 150 Å². The molecule has 0 bridgehead atoms. The maximum atomic E-state index is 12.6. The number of amides is 3. The number of hydrogen-bond acceptors (Lipinski definition) is 16. The molecule has 3 amide bonds. The van der Waals surface area contributed by atoms with E-state index in [2.05, 4.69) is 16.0 Å². The number of rotatable bonds is 27. The van der Waals surface area contributed by atoms with Crippen LogP contribution in [0, 0.1) is 11.8 Å². The quantitative estimate of drug-likeness (QED) is 0.0158. The van der Waals surface area contributed by atoms with Crippen LogP contribution in [0.1, 0.15) is 72.1 Å². The van der Waals surface area contributed by atoms with Crippen LogP contribution in [0.5, 0.6) is 0 Å². The van der Waals surface area contributed by atoms with Crippen LogP contribution >= 0.6 is 0 Å². The summed E-state index contributed by atoms with van der Waals surface area (Å²) in [6.45, 7) is 4.64. The van der Waals surface area contributed by atoms with Crippen molar-refractivity contribution in [2.45, 2.75) is 109 Å². The van der Waals surface area contributed by atoms with Gasteiger partial charge < -0.3 is 56.6 Å². The molecule has 1 fully saturated rings. The second-order valence-electron chi connectivity index (χ2n) is 13.1. The van der Waals surface area contributed by atoms with Gasteiger partial charge in [-0.2, -0.15) is 10.1 Å². The van der Waals surface area contributed by atoms with E-state index in [0.717, 1.165) is 11.3 Å². The van der Waals surface area contributed by atoms with E-state index >= 15 is 0 Å². The predicted molar refractivity (Wildman–Crippen MR) is 188 cm³/mol. The number of nitrogens with one attached hydrogen (secondary N) is 3. The van der Waals surface area contributed by atoms with Gasteiger partial charge in [0.15, 0.2) is 6.23 Å². The van der Waals surface area contributed by atoms with Crippen molar-refractivity contribution in [2.75, 3.05) is 32.9 Å². The highest BCUT2D eigenvalue weighted by Crippen LogP contribution is 2.14. The molecule has 53 heavy (non-hydrogen) atoms. The molecule has 0 spiro atoms. The molecule has 0 aromatic carbocycles. The lowest BCUT2D eigenvalue weighted by Gasteiger charge is -2.28. The van der Waals surface area contributed by atoms with Crippen LogP contribution < -0.4 is 16.0 Å². The first-order valence-corrected chi connectivity index (χ1v) is 17.8. The minimum absolute atomic E-state index is 0.0151. The van der Waals surface area contributed by atoms with Crippen molar-refractivity contribution in [3.8, 4) is 0 Å². The average Bonchev–Trinajstić information content (AvgIpc) is 3.08. The Kier molecular flexibility index (Phi) is 23.6. The smallest absolute Gasteiger partial charge is 0.328 e. The molecular formula is C34H60N6O13. The molecule has 19 nitrogen and oxygen atoms in total. The van der Waals surface area contributed by atoms with Gasteiger partial charge in [-0.05, 0) is 69.3 Å². The summed E-state index contributed by atoms with van der Waals surface area (Å²) in [4.78, 5) is 49.2. The third-order valence-corrected chi connectivity index (χ3v) is 8.27. The number of carbonyl (C=O) groups excluding carboxylic acids is 4. The van der Waals surface area contributed by atoms with Gasteiger partial charge in [0, 0.05) is 39.4 Å². The van der Waals surface area contributed by atoms with E-state index in [0.29, 0.717) is 23.0 Å². The number of hydroxylamine groups is 6. The van der Waals surface area contributed by atoms with Gasteiger partial charge >= 0.3 is 5.97 Å². The SMILES string of the molecule is CC(=O)NC(CCCN(O)C(O)CC(C)CCO)C(=O)OCC/C=C\C(O)N(O)C=CCC1NC(=O)C(C=CCN(O)C(O)CC(C)CCO)NC1=O. The second-order valence-corrected chi connectivity index (χ2v) is 13.1. The zero-order valence-electron chi connectivity index (χ0n) is 30.7. The number of hydrogen-bond donors (Lipinski definition) is 11. The molecule has 8 unspecified atom stereocenters. The van der Waals surface area contributed by atoms with Gasteiger partial charge in [0.25, 0.3) is 0 Å². The van der Waals surface area contributed by atoms with E-state index in [1.54, 1.807) is 0 Å². The van der Waals surface area contributed by atoms with Crippen LogP contribution in [0.2, 0.25) is 0 Å². The molecule has 304 valence electrons. The highest BCUT2D eigenvalue weighted by atomic mass is 16.5. The van der Waals surface area contributed by atoms with Crippen LogP contribution in [0.4, 0.5) is 0 Å². The van der Waals surface area contributed by atoms with Crippen molar-refractivity contribution in [3.63, 3.8) is 0 Å². The summed E-state index contributed by atoms with van der Waals surface area (Å²) >= 11 is 0. The summed E-state index contributed by atoms with van der Waals surface area (Å²) in [6.07, 6.45) is 6.04. The molecule has 1 aliphatic heterocycles. The van der Waals surface area contributed by atoms with Crippen molar-refractivity contribution < 1.29 is 65.1 Å². The highest BCUT2D eigenvalue weighted by molar-refractivity contribution is 5.98. The van der Waals surface area contributed by atoms with Crippen molar-refractivity contribution in [1.29, 1.82) is 0 Å². The van der Waals surface area contributed by atoms with Crippen LogP contribution in [-0.2, 0) is 23.9 Å². The summed E-state index contributed by atoms with van der Waals surface area (Å²) in [5, 5.41) is 87.9. The van der Waals surface area contributed by atoms with Gasteiger partial charge in [-0.3, -0.25) is 19.6 Å². The molecule has 1 rings (SSSR count). The van der Waals surface area contributed by atoms with E-state index < -0.39 is 60.5 Å². The van der Waals surface area contributed by atoms with Gasteiger partial charge in [0.05, 0.1) is 6.61 Å². The summed E-state index contributed by atoms with van der Waals surface area (Å²) in [7, 11) is 0. The molecule has 1 heterocycles. The van der Waals surface area contributed by atoms with Gasteiger partial charge in [-0.25, -0.2) is 9.86 Å². The summed E-state index contributed by atoms with van der Waals surface area (Å²) in [5.74, 6) is -2.22. The fourth-order valence-electron chi connectivity index (χ4n) is 5.14. The first-order valence-electron chi connectivity index (χ1n) is 17.8. The third kappa shape index (κ3) is 20.0. The molecule has 19 heteroatoms. The summed E-state index contributed by atoms with van der Waals surface area (Å²) < 4.78 is 5.22. The fourth-order valence-corrected chi connectivity index (χ4v) is 5.14. The lowest BCUT2D eigenvalue weighted by Crippen LogP contribution is -2.60. The molecule has 8 atom stereocenters. The summed E-state index contributed by atoms with van der Waals surface area (Å²) in [5.41, 5.74) is 0. The Bertz CT molecular complexity index is 1190.